The van der Waals surface area contributed by atoms with Crippen LogP contribution in [0.15, 0.2) is 0 Å². The molecule has 0 aliphatic carbocycles. The Balaban J connectivity index is 3.08. The van der Waals surface area contributed by atoms with E-state index < -0.39 is 11.9 Å². The first kappa shape index (κ1) is 13.5. The van der Waals surface area contributed by atoms with Gasteiger partial charge in [0.05, 0.1) is 12.5 Å². The van der Waals surface area contributed by atoms with Gasteiger partial charge < -0.3 is 4.74 Å². The van der Waals surface area contributed by atoms with Gasteiger partial charge in [-0.15, -0.1) is 0 Å². The van der Waals surface area contributed by atoms with Gasteiger partial charge in [-0.2, -0.15) is 0 Å². The minimum Gasteiger partial charge on any atom is -0.466 e. The lowest BCUT2D eigenvalue weighted by molar-refractivity contribution is -0.144. The number of carbonyl (C=O) groups excluding carboxylic acids is 1. The maximum absolute atomic E-state index is 11.5. The van der Waals surface area contributed by atoms with Crippen LogP contribution in [0, 0.1) is 0 Å². The molecule has 0 radical (unpaired) electrons. The summed E-state index contributed by atoms with van der Waals surface area (Å²) in [6.45, 7) is 3.61. The molecule has 0 aliphatic rings. The molecule has 0 fully saturated rings. The molecule has 0 bridgehead atoms. The lowest BCUT2D eigenvalue weighted by Crippen LogP contribution is -2.14. The van der Waals surface area contributed by atoms with E-state index in [4.69, 9.17) is 39.5 Å². The monoisotopic (exact) mass is 282 g/mol. The second-order valence-electron chi connectivity index (χ2n) is 2.96. The maximum Gasteiger partial charge on any atom is 0.313 e. The average molecular weight is 284 g/mol. The quantitative estimate of drug-likeness (QED) is 0.486. The lowest BCUT2D eigenvalue weighted by atomic mass is 10.1. The van der Waals surface area contributed by atoms with Crippen LogP contribution in [0.2, 0.25) is 15.6 Å². The Bertz CT molecular complexity index is 389. The van der Waals surface area contributed by atoms with Gasteiger partial charge in [-0.3, -0.25) is 4.79 Å². The van der Waals surface area contributed by atoms with Crippen molar-refractivity contribution in [3.8, 4) is 0 Å². The second kappa shape index (κ2) is 5.66. The molecule has 0 saturated heterocycles. The summed E-state index contributed by atoms with van der Waals surface area (Å²) in [6.07, 6.45) is 0. The Kier molecular flexibility index (Phi) is 4.77. The van der Waals surface area contributed by atoms with Gasteiger partial charge in [0, 0.05) is 5.56 Å². The number of carbonyl (C=O) groups is 1. The molecule has 1 heterocycles. The summed E-state index contributed by atoms with van der Waals surface area (Å²) in [5, 5.41) is 0.0610. The standard InChI is InChI=1S/C9H9Cl3N2O2/c1-3-16-8(15)4(2)5-6(10)13-9(12)14-7(5)11/h4H,3H2,1-2H3. The fraction of sp³-hybridized carbons (Fsp3) is 0.444. The van der Waals surface area contributed by atoms with Crippen LogP contribution in [-0.2, 0) is 9.53 Å². The third-order valence-electron chi connectivity index (χ3n) is 1.90. The zero-order valence-electron chi connectivity index (χ0n) is 8.63. The van der Waals surface area contributed by atoms with Crippen molar-refractivity contribution in [2.45, 2.75) is 19.8 Å². The number of aromatic nitrogens is 2. The number of esters is 1. The molecule has 16 heavy (non-hydrogen) atoms. The highest BCUT2D eigenvalue weighted by Crippen LogP contribution is 2.30. The molecule has 0 N–H and O–H groups in total. The summed E-state index contributed by atoms with van der Waals surface area (Å²) < 4.78 is 4.85. The molecule has 0 aliphatic heterocycles. The minimum absolute atomic E-state index is 0.0604. The maximum atomic E-state index is 11.5. The number of hydrogen-bond donors (Lipinski definition) is 0. The Hall–Kier alpha value is -0.580. The first-order chi connectivity index (χ1) is 7.47. The highest BCUT2D eigenvalue weighted by atomic mass is 35.5. The van der Waals surface area contributed by atoms with E-state index >= 15 is 0 Å². The Morgan fingerprint density at radius 1 is 1.31 bits per heavy atom. The van der Waals surface area contributed by atoms with Crippen molar-refractivity contribution >= 4 is 40.8 Å². The van der Waals surface area contributed by atoms with Gasteiger partial charge in [0.15, 0.2) is 0 Å². The molecule has 0 aromatic carbocycles. The van der Waals surface area contributed by atoms with Crippen LogP contribution in [0.4, 0.5) is 0 Å². The van der Waals surface area contributed by atoms with Crippen molar-refractivity contribution in [1.29, 1.82) is 0 Å². The summed E-state index contributed by atoms with van der Waals surface area (Å²) in [5.74, 6) is -1.06. The molecule has 0 spiro atoms. The molecule has 4 nitrogen and oxygen atoms in total. The summed E-state index contributed by atoms with van der Waals surface area (Å²) >= 11 is 17.3. The number of rotatable bonds is 3. The summed E-state index contributed by atoms with van der Waals surface area (Å²) in [7, 11) is 0. The third-order valence-corrected chi connectivity index (χ3v) is 2.64. The van der Waals surface area contributed by atoms with Crippen molar-refractivity contribution in [3.63, 3.8) is 0 Å². The van der Waals surface area contributed by atoms with E-state index in [1.165, 1.54) is 0 Å². The van der Waals surface area contributed by atoms with E-state index in [1.54, 1.807) is 13.8 Å². The molecule has 0 amide bonds. The van der Waals surface area contributed by atoms with Gasteiger partial charge in [-0.1, -0.05) is 23.2 Å². The van der Waals surface area contributed by atoms with E-state index in [0.717, 1.165) is 0 Å². The van der Waals surface area contributed by atoms with E-state index in [2.05, 4.69) is 9.97 Å². The lowest BCUT2D eigenvalue weighted by Gasteiger charge is -2.12. The zero-order chi connectivity index (χ0) is 12.3. The van der Waals surface area contributed by atoms with Gasteiger partial charge >= 0.3 is 5.97 Å². The first-order valence-electron chi connectivity index (χ1n) is 4.52. The van der Waals surface area contributed by atoms with Crippen LogP contribution in [-0.4, -0.2) is 22.5 Å². The van der Waals surface area contributed by atoms with Crippen LogP contribution in [0.1, 0.15) is 25.3 Å². The zero-order valence-corrected chi connectivity index (χ0v) is 10.9. The average Bonchev–Trinajstić information content (AvgIpc) is 2.16. The molecule has 1 aromatic heterocycles. The number of hydrogen-bond acceptors (Lipinski definition) is 4. The van der Waals surface area contributed by atoms with Gasteiger partial charge in [0.25, 0.3) is 0 Å². The largest absolute Gasteiger partial charge is 0.466 e. The second-order valence-corrected chi connectivity index (χ2v) is 4.02. The van der Waals surface area contributed by atoms with Crippen LogP contribution in [0.3, 0.4) is 0 Å². The Morgan fingerprint density at radius 2 is 1.81 bits per heavy atom. The molecule has 88 valence electrons. The van der Waals surface area contributed by atoms with Crippen LogP contribution in [0.25, 0.3) is 0 Å². The van der Waals surface area contributed by atoms with Crippen LogP contribution < -0.4 is 0 Å². The fourth-order valence-corrected chi connectivity index (χ4v) is 2.11. The Morgan fingerprint density at radius 3 is 2.25 bits per heavy atom. The highest BCUT2D eigenvalue weighted by molar-refractivity contribution is 6.36. The van der Waals surface area contributed by atoms with Crippen molar-refractivity contribution in [3.05, 3.63) is 21.2 Å². The molecule has 1 rings (SSSR count). The minimum atomic E-state index is -0.628. The molecule has 1 aromatic rings. The normalized spacial score (nSPS) is 12.3. The highest BCUT2D eigenvalue weighted by Gasteiger charge is 2.24. The topological polar surface area (TPSA) is 52.1 Å². The first-order valence-corrected chi connectivity index (χ1v) is 5.65. The van der Waals surface area contributed by atoms with E-state index in [-0.39, 0.29) is 22.2 Å². The van der Waals surface area contributed by atoms with Gasteiger partial charge in [0.1, 0.15) is 10.3 Å². The summed E-state index contributed by atoms with van der Waals surface area (Å²) in [5.41, 5.74) is 0.325. The van der Waals surface area contributed by atoms with E-state index in [0.29, 0.717) is 5.56 Å². The molecule has 1 atom stereocenters. The van der Waals surface area contributed by atoms with Crippen LogP contribution >= 0.6 is 34.8 Å². The fourth-order valence-electron chi connectivity index (χ4n) is 1.13. The molecular weight excluding hydrogens is 274 g/mol. The van der Waals surface area contributed by atoms with Gasteiger partial charge in [-0.25, -0.2) is 9.97 Å². The van der Waals surface area contributed by atoms with Crippen molar-refractivity contribution in [2.75, 3.05) is 6.61 Å². The third kappa shape index (κ3) is 2.97. The number of nitrogens with zero attached hydrogens (tertiary/aromatic N) is 2. The molecular formula is C9H9Cl3N2O2. The van der Waals surface area contributed by atoms with Crippen LogP contribution in [0.5, 0.6) is 0 Å². The van der Waals surface area contributed by atoms with Crippen molar-refractivity contribution < 1.29 is 9.53 Å². The smallest absolute Gasteiger partial charge is 0.313 e. The summed E-state index contributed by atoms with van der Waals surface area (Å²) in [4.78, 5) is 19.0. The predicted octanol–water partition coefficient (Wildman–Crippen LogP) is 3.10. The van der Waals surface area contributed by atoms with Gasteiger partial charge in [-0.05, 0) is 25.4 Å². The molecule has 1 unspecified atom stereocenters. The van der Waals surface area contributed by atoms with Crippen molar-refractivity contribution in [2.24, 2.45) is 0 Å². The predicted molar refractivity (Wildman–Crippen MR) is 62.1 cm³/mol. The number of ether oxygens (including phenoxy) is 1. The van der Waals surface area contributed by atoms with E-state index in [1.807, 2.05) is 0 Å². The number of halogens is 3. The van der Waals surface area contributed by atoms with E-state index in [9.17, 15) is 4.79 Å². The molecule has 0 saturated carbocycles. The molecule has 7 heteroatoms. The van der Waals surface area contributed by atoms with Crippen molar-refractivity contribution in [1.82, 2.24) is 9.97 Å². The van der Waals surface area contributed by atoms with Gasteiger partial charge in [0.2, 0.25) is 5.28 Å². The SMILES string of the molecule is CCOC(=O)C(C)c1c(Cl)nc(Cl)nc1Cl. The Labute approximate surface area is 108 Å². The summed E-state index contributed by atoms with van der Waals surface area (Å²) in [6, 6.07) is 0.